The number of anilines is 2. The average molecular weight is 250 g/mol. The van der Waals surface area contributed by atoms with Gasteiger partial charge in [-0.05, 0) is 32.6 Å². The van der Waals surface area contributed by atoms with Gasteiger partial charge in [-0.3, -0.25) is 10.1 Å². The molecule has 0 bridgehead atoms. The van der Waals surface area contributed by atoms with E-state index in [2.05, 4.69) is 9.80 Å². The number of benzene rings is 1. The second kappa shape index (κ2) is 4.81. The summed E-state index contributed by atoms with van der Waals surface area (Å²) in [6.45, 7) is 1.66. The van der Waals surface area contributed by atoms with E-state index in [4.69, 9.17) is 5.73 Å². The van der Waals surface area contributed by atoms with Crippen molar-refractivity contribution in [2.45, 2.75) is 12.5 Å². The summed E-state index contributed by atoms with van der Waals surface area (Å²) >= 11 is 0. The van der Waals surface area contributed by atoms with Gasteiger partial charge in [-0.15, -0.1) is 0 Å². The second-order valence-corrected chi connectivity index (χ2v) is 4.86. The molecule has 1 saturated heterocycles. The van der Waals surface area contributed by atoms with Crippen LogP contribution in [0.1, 0.15) is 6.42 Å². The standard InChI is InChI=1S/C12H18N4O2/c1-14(2)10-5-6-15(8-10)11-4-3-9(13)7-12(11)16(17)18/h3-4,7,10H,5-6,8,13H2,1-2H3. The molecule has 1 fully saturated rings. The summed E-state index contributed by atoms with van der Waals surface area (Å²) in [5, 5.41) is 11.1. The summed E-state index contributed by atoms with van der Waals surface area (Å²) in [6, 6.07) is 5.33. The van der Waals surface area contributed by atoms with Gasteiger partial charge >= 0.3 is 0 Å². The molecule has 1 aliphatic rings. The predicted molar refractivity (Wildman–Crippen MR) is 71.8 cm³/mol. The Morgan fingerprint density at radius 2 is 2.22 bits per heavy atom. The smallest absolute Gasteiger partial charge is 0.294 e. The fourth-order valence-corrected chi connectivity index (χ4v) is 2.34. The molecule has 2 rings (SSSR count). The van der Waals surface area contributed by atoms with Crippen LogP contribution in [0.15, 0.2) is 18.2 Å². The molecule has 2 N–H and O–H groups in total. The first-order chi connectivity index (χ1) is 8.49. The Hall–Kier alpha value is -1.82. The maximum Gasteiger partial charge on any atom is 0.294 e. The van der Waals surface area contributed by atoms with E-state index in [9.17, 15) is 10.1 Å². The van der Waals surface area contributed by atoms with Crippen molar-refractivity contribution in [1.82, 2.24) is 4.90 Å². The van der Waals surface area contributed by atoms with Gasteiger partial charge in [-0.1, -0.05) is 0 Å². The summed E-state index contributed by atoms with van der Waals surface area (Å²) in [6.07, 6.45) is 1.02. The van der Waals surface area contributed by atoms with E-state index < -0.39 is 0 Å². The normalized spacial score (nSPS) is 19.5. The fraction of sp³-hybridized carbons (Fsp3) is 0.500. The lowest BCUT2D eigenvalue weighted by Gasteiger charge is -2.21. The van der Waals surface area contributed by atoms with Crippen molar-refractivity contribution in [2.24, 2.45) is 0 Å². The number of nitro groups is 1. The Morgan fingerprint density at radius 1 is 1.50 bits per heavy atom. The lowest BCUT2D eigenvalue weighted by atomic mass is 10.2. The minimum atomic E-state index is -0.366. The highest BCUT2D eigenvalue weighted by molar-refractivity contribution is 5.68. The maximum atomic E-state index is 11.1. The van der Waals surface area contributed by atoms with Gasteiger partial charge < -0.3 is 15.5 Å². The van der Waals surface area contributed by atoms with E-state index in [0.717, 1.165) is 19.5 Å². The van der Waals surface area contributed by atoms with Crippen LogP contribution in [0.5, 0.6) is 0 Å². The Balaban J connectivity index is 2.27. The molecule has 1 heterocycles. The molecule has 1 aliphatic heterocycles. The number of hydrogen-bond donors (Lipinski definition) is 1. The highest BCUT2D eigenvalue weighted by atomic mass is 16.6. The summed E-state index contributed by atoms with van der Waals surface area (Å²) in [7, 11) is 4.07. The predicted octanol–water partition coefficient (Wildman–Crippen LogP) is 1.32. The van der Waals surface area contributed by atoms with Crippen LogP contribution >= 0.6 is 0 Å². The highest BCUT2D eigenvalue weighted by Gasteiger charge is 2.28. The third kappa shape index (κ3) is 2.38. The molecule has 0 saturated carbocycles. The number of likely N-dealkylation sites (N-methyl/N-ethyl adjacent to an activating group) is 1. The Labute approximate surface area is 106 Å². The van der Waals surface area contributed by atoms with E-state index in [1.807, 2.05) is 14.1 Å². The number of hydrogen-bond acceptors (Lipinski definition) is 5. The van der Waals surface area contributed by atoms with Crippen molar-refractivity contribution in [3.63, 3.8) is 0 Å². The molecule has 98 valence electrons. The molecule has 1 atom stereocenters. The van der Waals surface area contributed by atoms with Gasteiger partial charge in [0.2, 0.25) is 0 Å². The van der Waals surface area contributed by atoms with Crippen LogP contribution in [0.2, 0.25) is 0 Å². The maximum absolute atomic E-state index is 11.1. The molecule has 0 radical (unpaired) electrons. The van der Waals surface area contributed by atoms with Gasteiger partial charge in [0, 0.05) is 30.9 Å². The van der Waals surface area contributed by atoms with Gasteiger partial charge in [-0.2, -0.15) is 0 Å². The van der Waals surface area contributed by atoms with Crippen LogP contribution in [-0.4, -0.2) is 43.0 Å². The van der Waals surface area contributed by atoms with E-state index in [1.54, 1.807) is 12.1 Å². The van der Waals surface area contributed by atoms with Crippen LogP contribution in [-0.2, 0) is 0 Å². The zero-order valence-electron chi connectivity index (χ0n) is 10.7. The van der Waals surface area contributed by atoms with E-state index >= 15 is 0 Å². The third-order valence-corrected chi connectivity index (χ3v) is 3.43. The summed E-state index contributed by atoms with van der Waals surface area (Å²) in [5.74, 6) is 0. The molecule has 1 unspecified atom stereocenters. The molecule has 0 aliphatic carbocycles. The van der Waals surface area contributed by atoms with Crippen LogP contribution < -0.4 is 10.6 Å². The quantitative estimate of drug-likeness (QED) is 0.497. The summed E-state index contributed by atoms with van der Waals surface area (Å²) in [4.78, 5) is 14.9. The molecule has 1 aromatic rings. The third-order valence-electron chi connectivity index (χ3n) is 3.43. The monoisotopic (exact) mass is 250 g/mol. The summed E-state index contributed by atoms with van der Waals surface area (Å²) < 4.78 is 0. The Morgan fingerprint density at radius 3 is 2.78 bits per heavy atom. The Bertz CT molecular complexity index is 461. The van der Waals surface area contributed by atoms with Gasteiger partial charge in [0.1, 0.15) is 5.69 Å². The van der Waals surface area contributed by atoms with Gasteiger partial charge in [0.05, 0.1) is 4.92 Å². The minimum absolute atomic E-state index is 0.0920. The van der Waals surface area contributed by atoms with Crippen molar-refractivity contribution in [3.8, 4) is 0 Å². The number of nitrogen functional groups attached to an aromatic ring is 1. The van der Waals surface area contributed by atoms with Crippen LogP contribution in [0.4, 0.5) is 17.1 Å². The molecule has 6 heteroatoms. The summed E-state index contributed by atoms with van der Waals surface area (Å²) in [5.41, 5.74) is 6.79. The fourth-order valence-electron chi connectivity index (χ4n) is 2.34. The van der Waals surface area contributed by atoms with Crippen molar-refractivity contribution in [2.75, 3.05) is 37.8 Å². The largest absolute Gasteiger partial charge is 0.399 e. The van der Waals surface area contributed by atoms with Crippen molar-refractivity contribution in [1.29, 1.82) is 0 Å². The number of nitrogens with two attached hydrogens (primary N) is 1. The van der Waals surface area contributed by atoms with Crippen molar-refractivity contribution < 1.29 is 4.92 Å². The first-order valence-corrected chi connectivity index (χ1v) is 5.94. The first kappa shape index (κ1) is 12.6. The molecular weight excluding hydrogens is 232 g/mol. The SMILES string of the molecule is CN(C)C1CCN(c2ccc(N)cc2[N+](=O)[O-])C1. The zero-order valence-corrected chi connectivity index (χ0v) is 10.7. The zero-order chi connectivity index (χ0) is 13.3. The molecule has 18 heavy (non-hydrogen) atoms. The number of nitrogens with zero attached hydrogens (tertiary/aromatic N) is 3. The van der Waals surface area contributed by atoms with Crippen LogP contribution in [0, 0.1) is 10.1 Å². The van der Waals surface area contributed by atoms with Crippen molar-refractivity contribution in [3.05, 3.63) is 28.3 Å². The van der Waals surface area contributed by atoms with E-state index in [0.29, 0.717) is 17.4 Å². The topological polar surface area (TPSA) is 75.6 Å². The number of rotatable bonds is 3. The molecule has 0 amide bonds. The van der Waals surface area contributed by atoms with E-state index in [1.165, 1.54) is 6.07 Å². The second-order valence-electron chi connectivity index (χ2n) is 4.86. The minimum Gasteiger partial charge on any atom is -0.399 e. The molecule has 1 aromatic carbocycles. The highest BCUT2D eigenvalue weighted by Crippen LogP contribution is 2.32. The van der Waals surface area contributed by atoms with Gasteiger partial charge in [-0.25, -0.2) is 0 Å². The molecular formula is C12H18N4O2. The van der Waals surface area contributed by atoms with Crippen LogP contribution in [0.25, 0.3) is 0 Å². The van der Waals surface area contributed by atoms with Crippen molar-refractivity contribution >= 4 is 17.1 Å². The lowest BCUT2D eigenvalue weighted by Crippen LogP contribution is -2.31. The Kier molecular flexibility index (Phi) is 3.38. The first-order valence-electron chi connectivity index (χ1n) is 5.94. The molecule has 6 nitrogen and oxygen atoms in total. The van der Waals surface area contributed by atoms with E-state index in [-0.39, 0.29) is 10.6 Å². The molecule has 0 spiro atoms. The lowest BCUT2D eigenvalue weighted by molar-refractivity contribution is -0.384. The van der Waals surface area contributed by atoms with Crippen LogP contribution in [0.3, 0.4) is 0 Å². The van der Waals surface area contributed by atoms with Gasteiger partial charge in [0.25, 0.3) is 5.69 Å². The number of nitro benzene ring substituents is 1. The average Bonchev–Trinajstić information content (AvgIpc) is 2.78. The van der Waals surface area contributed by atoms with Gasteiger partial charge in [0.15, 0.2) is 0 Å². The molecule has 0 aromatic heterocycles.